The summed E-state index contributed by atoms with van der Waals surface area (Å²) < 4.78 is 0.986. The second-order valence-corrected chi connectivity index (χ2v) is 4.92. The maximum atomic E-state index is 11.3. The molecule has 1 aliphatic heterocycles. The summed E-state index contributed by atoms with van der Waals surface area (Å²) in [5.41, 5.74) is 7.64. The molecular weight excluding hydrogens is 256 g/mol. The Morgan fingerprint density at radius 3 is 2.87 bits per heavy atom. The molecule has 1 fully saturated rings. The van der Waals surface area contributed by atoms with Crippen molar-refractivity contribution in [3.05, 3.63) is 28.2 Å². The van der Waals surface area contributed by atoms with Crippen LogP contribution in [0.2, 0.25) is 0 Å². The minimum absolute atomic E-state index is 0.0509. The molecule has 0 spiro atoms. The molecule has 0 aliphatic carbocycles. The Morgan fingerprint density at radius 1 is 1.53 bits per heavy atom. The molecule has 1 amide bonds. The summed E-state index contributed by atoms with van der Waals surface area (Å²) in [4.78, 5) is 11.3. The van der Waals surface area contributed by atoms with Gasteiger partial charge in [-0.1, -0.05) is 22.9 Å². The van der Waals surface area contributed by atoms with E-state index in [0.29, 0.717) is 12.3 Å². The van der Waals surface area contributed by atoms with Crippen molar-refractivity contribution in [1.29, 1.82) is 0 Å². The number of nitrogens with two attached hydrogens (primary N) is 1. The van der Waals surface area contributed by atoms with Crippen LogP contribution in [0.25, 0.3) is 0 Å². The number of nitrogen functional groups attached to an aromatic ring is 1. The molecule has 0 unspecified atom stereocenters. The number of halogens is 1. The van der Waals surface area contributed by atoms with Crippen LogP contribution >= 0.6 is 15.9 Å². The fourth-order valence-electron chi connectivity index (χ4n) is 1.98. The minimum Gasteiger partial charge on any atom is -0.398 e. The zero-order chi connectivity index (χ0) is 11.0. The van der Waals surface area contributed by atoms with Gasteiger partial charge < -0.3 is 11.1 Å². The highest BCUT2D eigenvalue weighted by Crippen LogP contribution is 2.34. The van der Waals surface area contributed by atoms with Crippen molar-refractivity contribution in [2.45, 2.75) is 19.4 Å². The maximum absolute atomic E-state index is 11.3. The van der Waals surface area contributed by atoms with Crippen LogP contribution in [0.5, 0.6) is 0 Å². The number of anilines is 1. The molecule has 4 heteroatoms. The van der Waals surface area contributed by atoms with Gasteiger partial charge in [-0.15, -0.1) is 0 Å². The molecule has 1 saturated heterocycles. The molecule has 3 N–H and O–H groups in total. The second-order valence-electron chi connectivity index (χ2n) is 4.00. The first-order chi connectivity index (χ1) is 7.08. The topological polar surface area (TPSA) is 55.1 Å². The molecule has 2 atom stereocenters. The number of carbonyl (C=O) groups is 1. The average molecular weight is 269 g/mol. The summed E-state index contributed by atoms with van der Waals surface area (Å²) in [6.07, 6.45) is 0.580. The maximum Gasteiger partial charge on any atom is 0.220 e. The van der Waals surface area contributed by atoms with Crippen LogP contribution in [0.15, 0.2) is 22.7 Å². The van der Waals surface area contributed by atoms with Gasteiger partial charge in [0.15, 0.2) is 0 Å². The minimum atomic E-state index is 0.0509. The van der Waals surface area contributed by atoms with Crippen molar-refractivity contribution in [1.82, 2.24) is 5.32 Å². The number of benzene rings is 1. The van der Waals surface area contributed by atoms with Crippen LogP contribution in [0.3, 0.4) is 0 Å². The molecule has 1 aliphatic rings. The summed E-state index contributed by atoms with van der Waals surface area (Å²) in [7, 11) is 0. The third-order valence-electron chi connectivity index (χ3n) is 2.78. The summed E-state index contributed by atoms with van der Waals surface area (Å²) in [5.74, 6) is 0.404. The van der Waals surface area contributed by atoms with Crippen molar-refractivity contribution in [2.75, 3.05) is 5.73 Å². The quantitative estimate of drug-likeness (QED) is 0.768. The van der Waals surface area contributed by atoms with Gasteiger partial charge in [0.1, 0.15) is 0 Å². The molecule has 0 bridgehead atoms. The van der Waals surface area contributed by atoms with Crippen molar-refractivity contribution in [3.63, 3.8) is 0 Å². The zero-order valence-electron chi connectivity index (χ0n) is 8.46. The van der Waals surface area contributed by atoms with Crippen LogP contribution in [-0.2, 0) is 4.79 Å². The van der Waals surface area contributed by atoms with Crippen LogP contribution in [0.1, 0.15) is 24.9 Å². The van der Waals surface area contributed by atoms with Gasteiger partial charge in [-0.25, -0.2) is 0 Å². The molecule has 1 aromatic carbocycles. The van der Waals surface area contributed by atoms with Crippen LogP contribution in [0.4, 0.5) is 5.69 Å². The van der Waals surface area contributed by atoms with Crippen molar-refractivity contribution in [2.24, 2.45) is 5.92 Å². The molecule has 3 nitrogen and oxygen atoms in total. The molecule has 2 rings (SSSR count). The van der Waals surface area contributed by atoms with E-state index in [1.807, 2.05) is 18.2 Å². The molecular formula is C11H13BrN2O. The van der Waals surface area contributed by atoms with E-state index in [-0.39, 0.29) is 11.9 Å². The van der Waals surface area contributed by atoms with Crippen LogP contribution in [-0.4, -0.2) is 5.91 Å². The van der Waals surface area contributed by atoms with Gasteiger partial charge in [0.05, 0.1) is 6.04 Å². The fourth-order valence-corrected chi connectivity index (χ4v) is 2.36. The molecule has 0 radical (unpaired) electrons. The van der Waals surface area contributed by atoms with Gasteiger partial charge >= 0.3 is 0 Å². The molecule has 1 heterocycles. The third kappa shape index (κ3) is 2.00. The highest BCUT2D eigenvalue weighted by Gasteiger charge is 2.31. The van der Waals surface area contributed by atoms with Gasteiger partial charge in [0.25, 0.3) is 0 Å². The van der Waals surface area contributed by atoms with E-state index in [2.05, 4.69) is 28.2 Å². The largest absolute Gasteiger partial charge is 0.398 e. The van der Waals surface area contributed by atoms with Crippen LogP contribution < -0.4 is 11.1 Å². The lowest BCUT2D eigenvalue weighted by atomic mass is 9.95. The van der Waals surface area contributed by atoms with E-state index in [9.17, 15) is 4.79 Å². The Balaban J connectivity index is 2.36. The van der Waals surface area contributed by atoms with Crippen molar-refractivity contribution < 1.29 is 4.79 Å². The lowest BCUT2D eigenvalue weighted by molar-refractivity contribution is -0.119. The van der Waals surface area contributed by atoms with E-state index in [4.69, 9.17) is 5.73 Å². The fraction of sp³-hybridized carbons (Fsp3) is 0.364. The molecule has 1 aromatic rings. The van der Waals surface area contributed by atoms with Gasteiger partial charge in [0, 0.05) is 16.6 Å². The van der Waals surface area contributed by atoms with Crippen molar-refractivity contribution in [3.8, 4) is 0 Å². The second kappa shape index (κ2) is 3.85. The van der Waals surface area contributed by atoms with E-state index >= 15 is 0 Å². The smallest absolute Gasteiger partial charge is 0.220 e. The number of carbonyl (C=O) groups excluding carboxylic acids is 1. The first-order valence-electron chi connectivity index (χ1n) is 4.92. The van der Waals surface area contributed by atoms with Gasteiger partial charge in [0.2, 0.25) is 5.91 Å². The predicted molar refractivity (Wildman–Crippen MR) is 63.2 cm³/mol. The summed E-state index contributed by atoms with van der Waals surface area (Å²) in [5, 5.41) is 2.95. The zero-order valence-corrected chi connectivity index (χ0v) is 10.0. The van der Waals surface area contributed by atoms with Gasteiger partial charge in [-0.2, -0.15) is 0 Å². The highest BCUT2D eigenvalue weighted by atomic mass is 79.9. The summed E-state index contributed by atoms with van der Waals surface area (Å²) in [6, 6.07) is 5.79. The van der Waals surface area contributed by atoms with E-state index < -0.39 is 0 Å². The third-order valence-corrected chi connectivity index (χ3v) is 3.27. The first kappa shape index (κ1) is 10.5. The Hall–Kier alpha value is -1.03. The van der Waals surface area contributed by atoms with Crippen LogP contribution in [0, 0.1) is 5.92 Å². The SMILES string of the molecule is C[C@@H]1CC(=O)N[C@H]1c1cc(Br)ccc1N. The predicted octanol–water partition coefficient (Wildman–Crippen LogP) is 2.23. The number of hydrogen-bond donors (Lipinski definition) is 2. The number of hydrogen-bond acceptors (Lipinski definition) is 2. The Labute approximate surface area is 97.2 Å². The molecule has 80 valence electrons. The van der Waals surface area contributed by atoms with E-state index in [0.717, 1.165) is 15.7 Å². The highest BCUT2D eigenvalue weighted by molar-refractivity contribution is 9.10. The van der Waals surface area contributed by atoms with E-state index in [1.165, 1.54) is 0 Å². The Bertz CT molecular complexity index is 406. The van der Waals surface area contributed by atoms with Gasteiger partial charge in [-0.3, -0.25) is 4.79 Å². The Kier molecular flexibility index (Phi) is 2.69. The average Bonchev–Trinajstić information content (AvgIpc) is 2.50. The first-order valence-corrected chi connectivity index (χ1v) is 5.71. The molecule has 15 heavy (non-hydrogen) atoms. The van der Waals surface area contributed by atoms with E-state index in [1.54, 1.807) is 0 Å². The standard InChI is InChI=1S/C11H13BrN2O/c1-6-4-10(15)14-11(6)8-5-7(12)2-3-9(8)13/h2-3,5-6,11H,4,13H2,1H3,(H,14,15)/t6-,11-/m1/s1. The lowest BCUT2D eigenvalue weighted by Crippen LogP contribution is -2.21. The normalized spacial score (nSPS) is 25.3. The summed E-state index contributed by atoms with van der Waals surface area (Å²) in [6.45, 7) is 2.06. The Morgan fingerprint density at radius 2 is 2.27 bits per heavy atom. The molecule has 0 saturated carbocycles. The monoisotopic (exact) mass is 268 g/mol. The number of rotatable bonds is 1. The van der Waals surface area contributed by atoms with Crippen molar-refractivity contribution >= 4 is 27.5 Å². The number of amides is 1. The van der Waals surface area contributed by atoms with Gasteiger partial charge in [-0.05, 0) is 29.7 Å². The summed E-state index contributed by atoms with van der Waals surface area (Å²) >= 11 is 3.41. The number of nitrogens with one attached hydrogen (secondary N) is 1. The molecule has 0 aromatic heterocycles. The lowest BCUT2D eigenvalue weighted by Gasteiger charge is -2.17.